The van der Waals surface area contributed by atoms with Gasteiger partial charge < -0.3 is 0 Å². The first-order valence-electron chi connectivity index (χ1n) is 17.4. The molecule has 5 aromatic rings. The Morgan fingerprint density at radius 2 is 0.935 bits per heavy atom. The Kier molecular flexibility index (Phi) is 10.6. The molecule has 0 amide bonds. The quantitative estimate of drug-likeness (QED) is 0.136. The molecule has 5 rings (SSSR count). The molecule has 1 aromatic heterocycles. The van der Waals surface area contributed by atoms with Gasteiger partial charge in [0.2, 0.25) is 0 Å². The summed E-state index contributed by atoms with van der Waals surface area (Å²) < 4.78 is 0. The van der Waals surface area contributed by atoms with Gasteiger partial charge in [-0.1, -0.05) is 147 Å². The van der Waals surface area contributed by atoms with Crippen molar-refractivity contribution in [1.29, 1.82) is 0 Å². The molecule has 0 fully saturated rings. The molecule has 1 heteroatoms. The molecule has 46 heavy (non-hydrogen) atoms. The lowest BCUT2D eigenvalue weighted by atomic mass is 9.85. The summed E-state index contributed by atoms with van der Waals surface area (Å²) in [5.41, 5.74) is 13.9. The van der Waals surface area contributed by atoms with E-state index in [-0.39, 0.29) is 10.8 Å². The molecule has 0 aliphatic rings. The number of pyridine rings is 1. The zero-order valence-corrected chi connectivity index (χ0v) is 29.3. The van der Waals surface area contributed by atoms with E-state index in [1.807, 2.05) is 6.20 Å². The number of hydrogen-bond acceptors (Lipinski definition) is 1. The maximum Gasteiger partial charge on any atom is 0.0704 e. The highest BCUT2D eigenvalue weighted by atomic mass is 14.7. The third-order valence-corrected chi connectivity index (χ3v) is 9.24. The smallest absolute Gasteiger partial charge is 0.0704 e. The second kappa shape index (κ2) is 14.6. The van der Waals surface area contributed by atoms with E-state index in [2.05, 4.69) is 152 Å². The molecule has 0 spiro atoms. The van der Waals surface area contributed by atoms with Crippen LogP contribution in [0.1, 0.15) is 104 Å². The summed E-state index contributed by atoms with van der Waals surface area (Å²) >= 11 is 0. The van der Waals surface area contributed by atoms with Gasteiger partial charge in [-0.15, -0.1) is 0 Å². The Hall–Kier alpha value is -3.97. The number of benzene rings is 4. The van der Waals surface area contributed by atoms with Crippen molar-refractivity contribution in [3.8, 4) is 44.6 Å². The lowest BCUT2D eigenvalue weighted by molar-refractivity contribution is 0.590. The fraction of sp³-hybridized carbons (Fsp3) is 0.356. The average Bonchev–Trinajstić information content (AvgIpc) is 3.06. The van der Waals surface area contributed by atoms with Crippen LogP contribution in [-0.2, 0) is 17.3 Å². The summed E-state index contributed by atoms with van der Waals surface area (Å²) in [6.45, 7) is 15.9. The van der Waals surface area contributed by atoms with Gasteiger partial charge in [0.1, 0.15) is 0 Å². The van der Waals surface area contributed by atoms with Crippen molar-refractivity contribution in [1.82, 2.24) is 4.98 Å². The molecule has 0 aliphatic carbocycles. The van der Waals surface area contributed by atoms with Gasteiger partial charge in [0, 0.05) is 11.8 Å². The minimum atomic E-state index is 0.126. The molecule has 0 saturated carbocycles. The van der Waals surface area contributed by atoms with Gasteiger partial charge in [-0.2, -0.15) is 0 Å². The van der Waals surface area contributed by atoms with Crippen molar-refractivity contribution in [3.05, 3.63) is 126 Å². The maximum atomic E-state index is 4.80. The van der Waals surface area contributed by atoms with Gasteiger partial charge in [-0.05, 0) is 110 Å². The van der Waals surface area contributed by atoms with Crippen molar-refractivity contribution >= 4 is 0 Å². The van der Waals surface area contributed by atoms with Crippen LogP contribution in [0, 0.1) is 0 Å². The van der Waals surface area contributed by atoms with E-state index in [1.165, 1.54) is 94.2 Å². The summed E-state index contributed by atoms with van der Waals surface area (Å²) in [6, 6.07) is 38.7. The molecule has 0 bridgehead atoms. The molecule has 0 saturated heterocycles. The van der Waals surface area contributed by atoms with Crippen LogP contribution in [0.4, 0.5) is 0 Å². The highest BCUT2D eigenvalue weighted by Crippen LogP contribution is 2.36. The van der Waals surface area contributed by atoms with E-state index in [4.69, 9.17) is 4.98 Å². The molecular formula is C45H53N. The number of unbranched alkanes of at least 4 members (excludes halogenated alkanes) is 5. The summed E-state index contributed by atoms with van der Waals surface area (Å²) in [5, 5.41) is 0. The molecule has 1 heterocycles. The van der Waals surface area contributed by atoms with Gasteiger partial charge in [-0.25, -0.2) is 0 Å². The maximum absolute atomic E-state index is 4.80. The fourth-order valence-corrected chi connectivity index (χ4v) is 6.21. The van der Waals surface area contributed by atoms with E-state index >= 15 is 0 Å². The highest BCUT2D eigenvalue weighted by Gasteiger charge is 2.16. The standard InChI is InChI=1S/C45H53N/c1-8-9-10-11-12-13-15-33-26-27-46-43(28-33)37-17-14-16-36(29-37)40-31-38(34-18-22-41(23-19-34)44(2,3)4)30-39(32-40)35-20-24-42(25-21-35)45(5,6)7/h14,16-32H,8-13,15H2,1-7H3. The summed E-state index contributed by atoms with van der Waals surface area (Å²) in [6.07, 6.45) is 11.0. The van der Waals surface area contributed by atoms with Crippen molar-refractivity contribution in [3.63, 3.8) is 0 Å². The second-order valence-corrected chi connectivity index (χ2v) is 15.1. The first kappa shape index (κ1) is 33.4. The zero-order valence-electron chi connectivity index (χ0n) is 29.3. The van der Waals surface area contributed by atoms with E-state index in [9.17, 15) is 0 Å². The van der Waals surface area contributed by atoms with Crippen LogP contribution in [0.25, 0.3) is 44.6 Å². The number of hydrogen-bond donors (Lipinski definition) is 0. The van der Waals surface area contributed by atoms with Gasteiger partial charge in [0.05, 0.1) is 5.69 Å². The van der Waals surface area contributed by atoms with Crippen molar-refractivity contribution in [2.24, 2.45) is 0 Å². The van der Waals surface area contributed by atoms with E-state index in [0.29, 0.717) is 0 Å². The van der Waals surface area contributed by atoms with Gasteiger partial charge in [0.15, 0.2) is 0 Å². The highest BCUT2D eigenvalue weighted by molar-refractivity contribution is 5.82. The molecule has 0 aliphatic heterocycles. The van der Waals surface area contributed by atoms with Crippen LogP contribution < -0.4 is 0 Å². The molecule has 0 radical (unpaired) electrons. The molecule has 0 unspecified atom stereocenters. The molecular weight excluding hydrogens is 555 g/mol. The molecule has 4 aromatic carbocycles. The first-order valence-corrected chi connectivity index (χ1v) is 17.4. The number of rotatable bonds is 11. The van der Waals surface area contributed by atoms with Crippen LogP contribution in [0.15, 0.2) is 109 Å². The summed E-state index contributed by atoms with van der Waals surface area (Å²) in [7, 11) is 0. The summed E-state index contributed by atoms with van der Waals surface area (Å²) in [5.74, 6) is 0. The zero-order chi connectivity index (χ0) is 32.7. The van der Waals surface area contributed by atoms with Gasteiger partial charge in [-0.3, -0.25) is 4.98 Å². The largest absolute Gasteiger partial charge is 0.256 e. The third kappa shape index (κ3) is 8.64. The SMILES string of the molecule is CCCCCCCCc1ccnc(-c2cccc(-c3cc(-c4ccc(C(C)(C)C)cc4)cc(-c4ccc(C(C)(C)C)cc4)c3)c2)c1. The molecule has 0 N–H and O–H groups in total. The van der Waals surface area contributed by atoms with Crippen LogP contribution in [0.2, 0.25) is 0 Å². The molecule has 238 valence electrons. The average molecular weight is 608 g/mol. The Balaban J connectivity index is 1.49. The molecule has 0 atom stereocenters. The van der Waals surface area contributed by atoms with Crippen molar-refractivity contribution in [2.45, 2.75) is 104 Å². The van der Waals surface area contributed by atoms with Gasteiger partial charge in [0.25, 0.3) is 0 Å². The minimum Gasteiger partial charge on any atom is -0.256 e. The van der Waals surface area contributed by atoms with E-state index in [1.54, 1.807) is 0 Å². The van der Waals surface area contributed by atoms with Crippen molar-refractivity contribution < 1.29 is 0 Å². The Morgan fingerprint density at radius 3 is 1.48 bits per heavy atom. The van der Waals surface area contributed by atoms with Crippen molar-refractivity contribution in [2.75, 3.05) is 0 Å². The Bertz CT molecular complexity index is 1630. The molecule has 1 nitrogen and oxygen atoms in total. The van der Waals surface area contributed by atoms with Crippen LogP contribution in [0.5, 0.6) is 0 Å². The number of nitrogens with zero attached hydrogens (tertiary/aromatic N) is 1. The predicted octanol–water partition coefficient (Wildman–Crippen LogP) is 13.2. The fourth-order valence-electron chi connectivity index (χ4n) is 6.21. The normalized spacial score (nSPS) is 12.0. The monoisotopic (exact) mass is 607 g/mol. The Morgan fingerprint density at radius 1 is 0.457 bits per heavy atom. The summed E-state index contributed by atoms with van der Waals surface area (Å²) in [4.78, 5) is 4.80. The van der Waals surface area contributed by atoms with Gasteiger partial charge >= 0.3 is 0 Å². The first-order chi connectivity index (χ1) is 22.0. The topological polar surface area (TPSA) is 12.9 Å². The van der Waals surface area contributed by atoms with E-state index < -0.39 is 0 Å². The van der Waals surface area contributed by atoms with Crippen LogP contribution in [-0.4, -0.2) is 4.98 Å². The minimum absolute atomic E-state index is 0.126. The lowest BCUT2D eigenvalue weighted by Gasteiger charge is -2.20. The second-order valence-electron chi connectivity index (χ2n) is 15.1. The lowest BCUT2D eigenvalue weighted by Crippen LogP contribution is -2.10. The predicted molar refractivity (Wildman–Crippen MR) is 200 cm³/mol. The number of aryl methyl sites for hydroxylation is 1. The van der Waals surface area contributed by atoms with Crippen LogP contribution >= 0.6 is 0 Å². The third-order valence-electron chi connectivity index (χ3n) is 9.24. The van der Waals surface area contributed by atoms with E-state index in [0.717, 1.165) is 12.1 Å². The van der Waals surface area contributed by atoms with Crippen LogP contribution in [0.3, 0.4) is 0 Å². The Labute approximate surface area is 279 Å². The number of aromatic nitrogens is 1.